The van der Waals surface area contributed by atoms with Crippen LogP contribution in [0.1, 0.15) is 52.4 Å². The molecular formula is C14H28N2. The van der Waals surface area contributed by atoms with Crippen molar-refractivity contribution in [3.8, 4) is 0 Å². The highest BCUT2D eigenvalue weighted by atomic mass is 15.2. The first kappa shape index (κ1) is 12.4. The van der Waals surface area contributed by atoms with Gasteiger partial charge in [0.25, 0.3) is 0 Å². The highest BCUT2D eigenvalue weighted by molar-refractivity contribution is 4.99. The van der Waals surface area contributed by atoms with Crippen molar-refractivity contribution in [1.29, 1.82) is 0 Å². The molecule has 0 spiro atoms. The molecule has 1 saturated heterocycles. The van der Waals surface area contributed by atoms with Gasteiger partial charge in [-0.3, -0.25) is 4.90 Å². The summed E-state index contributed by atoms with van der Waals surface area (Å²) in [4.78, 5) is 2.74. The summed E-state index contributed by atoms with van der Waals surface area (Å²) in [6.07, 6.45) is 8.28. The molecule has 1 saturated carbocycles. The van der Waals surface area contributed by atoms with Crippen LogP contribution in [0.25, 0.3) is 0 Å². The number of rotatable bonds is 2. The van der Waals surface area contributed by atoms with E-state index in [1.54, 1.807) is 0 Å². The molecule has 0 aromatic carbocycles. The largest absolute Gasteiger partial charge is 0.329 e. The first-order valence-corrected chi connectivity index (χ1v) is 7.14. The summed E-state index contributed by atoms with van der Waals surface area (Å²) >= 11 is 0. The van der Waals surface area contributed by atoms with E-state index in [1.165, 1.54) is 51.6 Å². The fraction of sp³-hybridized carbons (Fsp3) is 1.00. The predicted molar refractivity (Wildman–Crippen MR) is 69.4 cm³/mol. The van der Waals surface area contributed by atoms with E-state index >= 15 is 0 Å². The second-order valence-electron chi connectivity index (χ2n) is 6.15. The number of nitrogens with two attached hydrogens (primary N) is 1. The van der Waals surface area contributed by atoms with Crippen molar-refractivity contribution in [3.05, 3.63) is 0 Å². The van der Waals surface area contributed by atoms with Crippen LogP contribution in [0.15, 0.2) is 0 Å². The second-order valence-corrected chi connectivity index (χ2v) is 6.15. The minimum atomic E-state index is 0.340. The topological polar surface area (TPSA) is 29.3 Å². The van der Waals surface area contributed by atoms with E-state index in [4.69, 9.17) is 5.73 Å². The molecule has 0 aromatic heterocycles. The first-order chi connectivity index (χ1) is 7.69. The molecule has 2 heteroatoms. The molecule has 0 radical (unpaired) electrons. The maximum Gasteiger partial charge on any atom is 0.0357 e. The van der Waals surface area contributed by atoms with Crippen LogP contribution in [0, 0.1) is 11.8 Å². The lowest BCUT2D eigenvalue weighted by molar-refractivity contribution is -0.0126. The summed E-state index contributed by atoms with van der Waals surface area (Å²) in [5, 5.41) is 0. The number of likely N-dealkylation sites (tertiary alicyclic amines) is 1. The van der Waals surface area contributed by atoms with Crippen LogP contribution in [-0.2, 0) is 0 Å². The van der Waals surface area contributed by atoms with Gasteiger partial charge >= 0.3 is 0 Å². The van der Waals surface area contributed by atoms with Crippen LogP contribution in [0.4, 0.5) is 0 Å². The monoisotopic (exact) mass is 224 g/mol. The fourth-order valence-electron chi connectivity index (χ4n) is 3.89. The Hall–Kier alpha value is -0.0800. The molecular weight excluding hydrogens is 196 g/mol. The smallest absolute Gasteiger partial charge is 0.0357 e. The van der Waals surface area contributed by atoms with E-state index in [0.29, 0.717) is 5.54 Å². The molecule has 16 heavy (non-hydrogen) atoms. The lowest BCUT2D eigenvalue weighted by Crippen LogP contribution is -2.61. The van der Waals surface area contributed by atoms with Gasteiger partial charge in [-0.25, -0.2) is 0 Å². The quantitative estimate of drug-likeness (QED) is 0.781. The summed E-state index contributed by atoms with van der Waals surface area (Å²) in [6, 6.07) is 0. The second kappa shape index (κ2) is 5.05. The zero-order valence-corrected chi connectivity index (χ0v) is 11.0. The molecule has 1 aliphatic heterocycles. The maximum absolute atomic E-state index is 6.16. The normalized spacial score (nSPS) is 42.2. The highest BCUT2D eigenvalue weighted by Crippen LogP contribution is 2.39. The van der Waals surface area contributed by atoms with E-state index in [9.17, 15) is 0 Å². The fourth-order valence-corrected chi connectivity index (χ4v) is 3.89. The van der Waals surface area contributed by atoms with Crippen LogP contribution < -0.4 is 5.73 Å². The van der Waals surface area contributed by atoms with E-state index in [1.807, 2.05) is 0 Å². The van der Waals surface area contributed by atoms with Crippen LogP contribution in [0.3, 0.4) is 0 Å². The number of nitrogens with zero attached hydrogens (tertiary/aromatic N) is 1. The molecule has 2 rings (SSSR count). The summed E-state index contributed by atoms with van der Waals surface area (Å²) in [6.45, 7) is 8.24. The summed E-state index contributed by atoms with van der Waals surface area (Å²) in [7, 11) is 0. The van der Waals surface area contributed by atoms with Gasteiger partial charge in [0.15, 0.2) is 0 Å². The Morgan fingerprint density at radius 2 is 2.00 bits per heavy atom. The van der Waals surface area contributed by atoms with E-state index in [0.717, 1.165) is 18.4 Å². The van der Waals surface area contributed by atoms with Gasteiger partial charge < -0.3 is 5.73 Å². The molecule has 1 aliphatic carbocycles. The Balaban J connectivity index is 2.12. The molecule has 3 atom stereocenters. The molecule has 3 unspecified atom stereocenters. The zero-order chi connectivity index (χ0) is 11.6. The van der Waals surface area contributed by atoms with Crippen molar-refractivity contribution in [2.45, 2.75) is 57.9 Å². The minimum Gasteiger partial charge on any atom is -0.329 e. The Bertz CT molecular complexity index is 229. The SMILES string of the molecule is CC1CCCN(C2(CN)CCCCC2C)C1. The third kappa shape index (κ3) is 2.14. The molecule has 0 aromatic rings. The average molecular weight is 224 g/mol. The summed E-state index contributed by atoms with van der Waals surface area (Å²) in [5.41, 5.74) is 6.50. The third-order valence-electron chi connectivity index (χ3n) is 5.05. The van der Waals surface area contributed by atoms with Crippen LogP contribution in [-0.4, -0.2) is 30.1 Å². The van der Waals surface area contributed by atoms with Gasteiger partial charge in [-0.2, -0.15) is 0 Å². The van der Waals surface area contributed by atoms with Crippen LogP contribution >= 0.6 is 0 Å². The molecule has 2 fully saturated rings. The van der Waals surface area contributed by atoms with Crippen LogP contribution in [0.5, 0.6) is 0 Å². The zero-order valence-electron chi connectivity index (χ0n) is 11.0. The molecule has 0 amide bonds. The Morgan fingerprint density at radius 1 is 1.19 bits per heavy atom. The Morgan fingerprint density at radius 3 is 2.62 bits per heavy atom. The van der Waals surface area contributed by atoms with Gasteiger partial charge in [-0.1, -0.05) is 26.7 Å². The van der Waals surface area contributed by atoms with E-state index < -0.39 is 0 Å². The van der Waals surface area contributed by atoms with Crippen molar-refractivity contribution in [3.63, 3.8) is 0 Å². The van der Waals surface area contributed by atoms with Crippen molar-refractivity contribution < 1.29 is 0 Å². The van der Waals surface area contributed by atoms with E-state index in [-0.39, 0.29) is 0 Å². The predicted octanol–water partition coefficient (Wildman–Crippen LogP) is 2.63. The lowest BCUT2D eigenvalue weighted by atomic mass is 9.71. The van der Waals surface area contributed by atoms with Gasteiger partial charge in [0.05, 0.1) is 0 Å². The Labute approximate surface area is 101 Å². The standard InChI is InChI=1S/C14H28N2/c1-12-6-5-9-16(10-12)14(11-15)8-4-3-7-13(14)2/h12-13H,3-11,15H2,1-2H3. The van der Waals surface area contributed by atoms with Crippen molar-refractivity contribution >= 4 is 0 Å². The summed E-state index contributed by atoms with van der Waals surface area (Å²) < 4.78 is 0. The molecule has 2 N–H and O–H groups in total. The lowest BCUT2D eigenvalue weighted by Gasteiger charge is -2.52. The van der Waals surface area contributed by atoms with Crippen LogP contribution in [0.2, 0.25) is 0 Å². The van der Waals surface area contributed by atoms with Crippen molar-refractivity contribution in [2.75, 3.05) is 19.6 Å². The third-order valence-corrected chi connectivity index (χ3v) is 5.05. The van der Waals surface area contributed by atoms with Gasteiger partial charge in [0, 0.05) is 18.6 Å². The highest BCUT2D eigenvalue weighted by Gasteiger charge is 2.42. The average Bonchev–Trinajstić information content (AvgIpc) is 2.30. The maximum atomic E-state index is 6.16. The van der Waals surface area contributed by atoms with Gasteiger partial charge in [0.1, 0.15) is 0 Å². The Kier molecular flexibility index (Phi) is 3.91. The van der Waals surface area contributed by atoms with Crippen molar-refractivity contribution in [2.24, 2.45) is 17.6 Å². The van der Waals surface area contributed by atoms with E-state index in [2.05, 4.69) is 18.7 Å². The van der Waals surface area contributed by atoms with Crippen molar-refractivity contribution in [1.82, 2.24) is 4.90 Å². The van der Waals surface area contributed by atoms with Gasteiger partial charge in [-0.15, -0.1) is 0 Å². The number of piperidine rings is 1. The molecule has 2 aliphatic rings. The minimum absolute atomic E-state index is 0.340. The van der Waals surface area contributed by atoms with Gasteiger partial charge in [-0.05, 0) is 44.1 Å². The van der Waals surface area contributed by atoms with Gasteiger partial charge in [0.2, 0.25) is 0 Å². The molecule has 2 nitrogen and oxygen atoms in total. The summed E-state index contributed by atoms with van der Waals surface area (Å²) in [5.74, 6) is 1.66. The molecule has 94 valence electrons. The first-order valence-electron chi connectivity index (χ1n) is 7.14. The number of hydrogen-bond acceptors (Lipinski definition) is 2. The molecule has 0 bridgehead atoms. The molecule has 1 heterocycles. The number of hydrogen-bond donors (Lipinski definition) is 1.